The van der Waals surface area contributed by atoms with Crippen molar-refractivity contribution >= 4 is 5.91 Å². The number of rotatable bonds is 4. The van der Waals surface area contributed by atoms with Crippen molar-refractivity contribution < 1.29 is 4.79 Å². The Morgan fingerprint density at radius 3 is 2.83 bits per heavy atom. The van der Waals surface area contributed by atoms with E-state index in [0.29, 0.717) is 17.3 Å². The first kappa shape index (κ1) is 13.0. The van der Waals surface area contributed by atoms with E-state index in [1.165, 1.54) is 0 Å². The lowest BCUT2D eigenvalue weighted by Crippen LogP contribution is -2.48. The molecule has 5 nitrogen and oxygen atoms in total. The number of aryl methyl sites for hydroxylation is 1. The van der Waals surface area contributed by atoms with Gasteiger partial charge >= 0.3 is 0 Å². The summed E-state index contributed by atoms with van der Waals surface area (Å²) in [6, 6.07) is 0. The lowest BCUT2D eigenvalue weighted by Gasteiger charge is -2.27. The maximum atomic E-state index is 12.1. The molecule has 0 bridgehead atoms. The third-order valence-electron chi connectivity index (χ3n) is 3.15. The Kier molecular flexibility index (Phi) is 3.91. The molecule has 0 spiro atoms. The molecule has 2 N–H and O–H groups in total. The minimum Gasteiger partial charge on any atom is -0.352 e. The van der Waals surface area contributed by atoms with Crippen LogP contribution in [0.5, 0.6) is 0 Å². The van der Waals surface area contributed by atoms with Gasteiger partial charge < -0.3 is 10.6 Å². The highest BCUT2D eigenvalue weighted by Crippen LogP contribution is 2.16. The predicted octanol–water partition coefficient (Wildman–Crippen LogP) is 0.858. The number of nitrogens with zero attached hydrogens (tertiary/aromatic N) is 2. The van der Waals surface area contributed by atoms with Crippen molar-refractivity contribution in [2.24, 2.45) is 5.92 Å². The molecule has 0 saturated carbocycles. The monoisotopic (exact) mass is 248 g/mol. The smallest absolute Gasteiger partial charge is 0.254 e. The Morgan fingerprint density at radius 2 is 2.28 bits per heavy atom. The van der Waals surface area contributed by atoms with Crippen LogP contribution in [0.15, 0.2) is 6.20 Å². The van der Waals surface area contributed by atoms with Crippen molar-refractivity contribution in [1.82, 2.24) is 20.6 Å². The number of aromatic nitrogens is 2. The van der Waals surface area contributed by atoms with Crippen LogP contribution in [0, 0.1) is 12.8 Å². The Hall–Kier alpha value is -1.49. The minimum atomic E-state index is -0.0643. The summed E-state index contributed by atoms with van der Waals surface area (Å²) in [4.78, 5) is 20.6. The van der Waals surface area contributed by atoms with Crippen LogP contribution in [0.3, 0.4) is 0 Å². The van der Waals surface area contributed by atoms with Crippen molar-refractivity contribution in [1.29, 1.82) is 0 Å². The predicted molar refractivity (Wildman–Crippen MR) is 69.6 cm³/mol. The lowest BCUT2D eigenvalue weighted by atomic mass is 10.0. The van der Waals surface area contributed by atoms with Crippen molar-refractivity contribution in [3.63, 3.8) is 0 Å². The third kappa shape index (κ3) is 2.85. The summed E-state index contributed by atoms with van der Waals surface area (Å²) in [5, 5.41) is 6.14. The number of amides is 1. The van der Waals surface area contributed by atoms with E-state index in [1.807, 2.05) is 20.8 Å². The summed E-state index contributed by atoms with van der Waals surface area (Å²) in [6.07, 6.45) is 1.63. The molecule has 0 atom stereocenters. The average molecular weight is 248 g/mol. The first-order valence-electron chi connectivity index (χ1n) is 6.40. The summed E-state index contributed by atoms with van der Waals surface area (Å²) in [5.74, 6) is 1.42. The maximum Gasteiger partial charge on any atom is 0.254 e. The fourth-order valence-electron chi connectivity index (χ4n) is 1.93. The number of hydrogen-bond acceptors (Lipinski definition) is 4. The standard InChI is InChI=1S/C13H20N4O/c1-8(2)12-11(7-15-9(3)17-12)13(18)16-6-10-4-14-5-10/h7-8,10,14H,4-6H2,1-3H3,(H,16,18). The van der Waals surface area contributed by atoms with E-state index in [0.717, 1.165) is 25.3 Å². The van der Waals surface area contributed by atoms with Gasteiger partial charge in [-0.2, -0.15) is 0 Å². The SMILES string of the molecule is Cc1ncc(C(=O)NCC2CNC2)c(C(C)C)n1. The first-order chi connectivity index (χ1) is 8.58. The first-order valence-corrected chi connectivity index (χ1v) is 6.40. The van der Waals surface area contributed by atoms with Gasteiger partial charge in [-0.25, -0.2) is 9.97 Å². The normalized spacial score (nSPS) is 15.6. The van der Waals surface area contributed by atoms with Crippen LogP contribution in [0.2, 0.25) is 0 Å². The third-order valence-corrected chi connectivity index (χ3v) is 3.15. The van der Waals surface area contributed by atoms with Crippen molar-refractivity contribution in [2.75, 3.05) is 19.6 Å². The van der Waals surface area contributed by atoms with Crippen LogP contribution in [0.25, 0.3) is 0 Å². The highest BCUT2D eigenvalue weighted by molar-refractivity contribution is 5.95. The van der Waals surface area contributed by atoms with Gasteiger partial charge in [0.15, 0.2) is 0 Å². The van der Waals surface area contributed by atoms with Crippen LogP contribution in [-0.2, 0) is 0 Å². The Balaban J connectivity index is 2.08. The molecular formula is C13H20N4O. The van der Waals surface area contributed by atoms with Crippen molar-refractivity contribution in [2.45, 2.75) is 26.7 Å². The van der Waals surface area contributed by atoms with Crippen molar-refractivity contribution in [3.05, 3.63) is 23.3 Å². The molecule has 18 heavy (non-hydrogen) atoms. The van der Waals surface area contributed by atoms with E-state index in [9.17, 15) is 4.79 Å². The molecule has 2 rings (SSSR count). The fourth-order valence-corrected chi connectivity index (χ4v) is 1.93. The summed E-state index contributed by atoms with van der Waals surface area (Å²) in [5.41, 5.74) is 1.43. The Labute approximate surface area is 107 Å². The second-order valence-corrected chi connectivity index (χ2v) is 5.11. The summed E-state index contributed by atoms with van der Waals surface area (Å²) in [6.45, 7) is 8.61. The fraction of sp³-hybridized carbons (Fsp3) is 0.615. The van der Waals surface area contributed by atoms with Gasteiger partial charge in [0.05, 0.1) is 11.3 Å². The molecular weight excluding hydrogens is 228 g/mol. The molecule has 1 aromatic heterocycles. The zero-order valence-corrected chi connectivity index (χ0v) is 11.2. The van der Waals surface area contributed by atoms with E-state index in [2.05, 4.69) is 20.6 Å². The maximum absolute atomic E-state index is 12.1. The topological polar surface area (TPSA) is 66.9 Å². The van der Waals surface area contributed by atoms with E-state index in [4.69, 9.17) is 0 Å². The van der Waals surface area contributed by atoms with Crippen LogP contribution in [0.1, 0.15) is 41.6 Å². The summed E-state index contributed by atoms with van der Waals surface area (Å²) >= 11 is 0. The zero-order chi connectivity index (χ0) is 13.1. The van der Waals surface area contributed by atoms with Gasteiger partial charge in [0.25, 0.3) is 5.91 Å². The molecule has 0 aliphatic carbocycles. The number of carbonyl (C=O) groups is 1. The van der Waals surface area contributed by atoms with E-state index in [-0.39, 0.29) is 11.8 Å². The van der Waals surface area contributed by atoms with Gasteiger partial charge in [-0.1, -0.05) is 13.8 Å². The molecule has 1 aliphatic heterocycles. The largest absolute Gasteiger partial charge is 0.352 e. The highest BCUT2D eigenvalue weighted by Gasteiger charge is 2.20. The Bertz CT molecular complexity index is 441. The lowest BCUT2D eigenvalue weighted by molar-refractivity contribution is 0.0940. The number of nitrogens with one attached hydrogen (secondary N) is 2. The Morgan fingerprint density at radius 1 is 1.56 bits per heavy atom. The van der Waals surface area contributed by atoms with E-state index in [1.54, 1.807) is 6.20 Å². The summed E-state index contributed by atoms with van der Waals surface area (Å²) < 4.78 is 0. The van der Waals surface area contributed by atoms with E-state index < -0.39 is 0 Å². The average Bonchev–Trinajstić information content (AvgIpc) is 2.26. The van der Waals surface area contributed by atoms with Gasteiger partial charge in [0.1, 0.15) is 5.82 Å². The van der Waals surface area contributed by atoms with Gasteiger partial charge in [-0.05, 0) is 12.8 Å². The minimum absolute atomic E-state index is 0.0643. The molecule has 0 aromatic carbocycles. The van der Waals surface area contributed by atoms with Crippen LogP contribution in [-0.4, -0.2) is 35.5 Å². The van der Waals surface area contributed by atoms with Gasteiger partial charge in [0, 0.05) is 31.7 Å². The quantitative estimate of drug-likeness (QED) is 0.829. The van der Waals surface area contributed by atoms with Gasteiger partial charge in [-0.15, -0.1) is 0 Å². The molecule has 0 unspecified atom stereocenters. The van der Waals surface area contributed by atoms with Crippen LogP contribution in [0.4, 0.5) is 0 Å². The molecule has 5 heteroatoms. The van der Waals surface area contributed by atoms with Crippen LogP contribution >= 0.6 is 0 Å². The number of carbonyl (C=O) groups excluding carboxylic acids is 1. The van der Waals surface area contributed by atoms with Crippen LogP contribution < -0.4 is 10.6 Å². The zero-order valence-electron chi connectivity index (χ0n) is 11.2. The van der Waals surface area contributed by atoms with Gasteiger partial charge in [-0.3, -0.25) is 4.79 Å². The second-order valence-electron chi connectivity index (χ2n) is 5.11. The highest BCUT2D eigenvalue weighted by atomic mass is 16.1. The van der Waals surface area contributed by atoms with E-state index >= 15 is 0 Å². The molecule has 2 heterocycles. The molecule has 98 valence electrons. The molecule has 1 saturated heterocycles. The van der Waals surface area contributed by atoms with Crippen molar-refractivity contribution in [3.8, 4) is 0 Å². The number of hydrogen-bond donors (Lipinski definition) is 2. The summed E-state index contributed by atoms with van der Waals surface area (Å²) in [7, 11) is 0. The second kappa shape index (κ2) is 5.44. The molecule has 1 fully saturated rings. The molecule has 1 aliphatic rings. The molecule has 1 aromatic rings. The molecule has 1 amide bonds. The molecule has 0 radical (unpaired) electrons. The van der Waals surface area contributed by atoms with Gasteiger partial charge in [0.2, 0.25) is 0 Å².